The summed E-state index contributed by atoms with van der Waals surface area (Å²) in [6.07, 6.45) is 2.81. The summed E-state index contributed by atoms with van der Waals surface area (Å²) >= 11 is 0. The third-order valence-electron chi connectivity index (χ3n) is 4.93. The highest BCUT2D eigenvalue weighted by Crippen LogP contribution is 2.40. The maximum absolute atomic E-state index is 12.1. The molecule has 0 radical (unpaired) electrons. The number of hydrogen-bond acceptors (Lipinski definition) is 4. The molecule has 5 nitrogen and oxygen atoms in total. The molecule has 21 heavy (non-hydrogen) atoms. The molecular weight excluding hydrogens is 288 g/mol. The fraction of sp³-hybridized carbons (Fsp3) is 0.600. The van der Waals surface area contributed by atoms with Crippen LogP contribution in [-0.4, -0.2) is 48.9 Å². The second kappa shape index (κ2) is 5.05. The van der Waals surface area contributed by atoms with Crippen LogP contribution in [0.3, 0.4) is 0 Å². The van der Waals surface area contributed by atoms with Crippen molar-refractivity contribution in [3.63, 3.8) is 0 Å². The molecule has 3 aliphatic rings. The van der Waals surface area contributed by atoms with Crippen LogP contribution >= 0.6 is 0 Å². The monoisotopic (exact) mass is 308 g/mol. The molecule has 1 aliphatic carbocycles. The van der Waals surface area contributed by atoms with E-state index in [4.69, 9.17) is 4.18 Å². The lowest BCUT2D eigenvalue weighted by molar-refractivity contribution is 0.00869. The Morgan fingerprint density at radius 2 is 1.95 bits per heavy atom. The van der Waals surface area contributed by atoms with E-state index in [1.54, 1.807) is 4.31 Å². The van der Waals surface area contributed by atoms with E-state index in [1.807, 2.05) is 6.07 Å². The molecule has 2 saturated heterocycles. The third-order valence-corrected chi connectivity index (χ3v) is 6.42. The summed E-state index contributed by atoms with van der Waals surface area (Å²) in [6.45, 7) is 2.22. The van der Waals surface area contributed by atoms with E-state index < -0.39 is 10.3 Å². The van der Waals surface area contributed by atoms with Crippen molar-refractivity contribution >= 4 is 10.3 Å². The van der Waals surface area contributed by atoms with Gasteiger partial charge in [-0.3, -0.25) is 9.08 Å². The smallest absolute Gasteiger partial charge is 0.293 e. The van der Waals surface area contributed by atoms with Gasteiger partial charge >= 0.3 is 10.3 Å². The Hall–Kier alpha value is -0.950. The lowest BCUT2D eigenvalue weighted by atomic mass is 9.85. The summed E-state index contributed by atoms with van der Waals surface area (Å²) in [4.78, 5) is 2.44. The van der Waals surface area contributed by atoms with Crippen molar-refractivity contribution in [3.05, 3.63) is 35.9 Å². The zero-order chi connectivity index (χ0) is 14.4. The second-order valence-corrected chi connectivity index (χ2v) is 7.66. The molecule has 0 unspecified atom stereocenters. The Morgan fingerprint density at radius 3 is 2.76 bits per heavy atom. The van der Waals surface area contributed by atoms with E-state index in [0.29, 0.717) is 6.54 Å². The fourth-order valence-corrected chi connectivity index (χ4v) is 5.54. The highest BCUT2D eigenvalue weighted by molar-refractivity contribution is 7.84. The summed E-state index contributed by atoms with van der Waals surface area (Å²) in [5.74, 6) is 0. The summed E-state index contributed by atoms with van der Waals surface area (Å²) < 4.78 is 31.1. The molecule has 114 valence electrons. The van der Waals surface area contributed by atoms with Crippen molar-refractivity contribution in [3.8, 4) is 0 Å². The van der Waals surface area contributed by atoms with Gasteiger partial charge in [0.25, 0.3) is 0 Å². The number of benzene rings is 1. The van der Waals surface area contributed by atoms with E-state index in [2.05, 4.69) is 29.2 Å². The highest BCUT2D eigenvalue weighted by Gasteiger charge is 2.54. The molecule has 1 aromatic rings. The zero-order valence-corrected chi connectivity index (χ0v) is 12.7. The maximum Gasteiger partial charge on any atom is 0.339 e. The van der Waals surface area contributed by atoms with Crippen LogP contribution in [0.4, 0.5) is 0 Å². The van der Waals surface area contributed by atoms with E-state index >= 15 is 0 Å². The van der Waals surface area contributed by atoms with Gasteiger partial charge in [-0.1, -0.05) is 30.3 Å². The van der Waals surface area contributed by atoms with Crippen LogP contribution in [0.2, 0.25) is 0 Å². The molecule has 0 amide bonds. The van der Waals surface area contributed by atoms with Gasteiger partial charge in [-0.2, -0.15) is 12.7 Å². The summed E-state index contributed by atoms with van der Waals surface area (Å²) in [5, 5.41) is 0. The minimum Gasteiger partial charge on any atom is -0.293 e. The Labute approximate surface area is 125 Å². The third kappa shape index (κ3) is 2.30. The van der Waals surface area contributed by atoms with Crippen LogP contribution < -0.4 is 0 Å². The lowest BCUT2D eigenvalue weighted by Crippen LogP contribution is -2.61. The predicted molar refractivity (Wildman–Crippen MR) is 78.8 cm³/mol. The topological polar surface area (TPSA) is 49.9 Å². The van der Waals surface area contributed by atoms with Crippen molar-refractivity contribution in [2.45, 2.75) is 44.0 Å². The summed E-state index contributed by atoms with van der Waals surface area (Å²) in [6, 6.07) is 10.7. The Kier molecular flexibility index (Phi) is 3.29. The largest absolute Gasteiger partial charge is 0.339 e. The van der Waals surface area contributed by atoms with Gasteiger partial charge < -0.3 is 0 Å². The molecule has 2 heterocycles. The maximum atomic E-state index is 12.1. The second-order valence-electron chi connectivity index (χ2n) is 6.15. The molecule has 0 bridgehead atoms. The first-order chi connectivity index (χ1) is 10.1. The average Bonchev–Trinajstić information content (AvgIpc) is 2.75. The zero-order valence-electron chi connectivity index (χ0n) is 11.9. The molecule has 1 saturated carbocycles. The fourth-order valence-electron chi connectivity index (χ4n) is 4.03. The van der Waals surface area contributed by atoms with E-state index in [-0.39, 0.29) is 18.2 Å². The van der Waals surface area contributed by atoms with Gasteiger partial charge in [-0.15, -0.1) is 0 Å². The first-order valence-corrected chi connectivity index (χ1v) is 9.00. The Morgan fingerprint density at radius 1 is 1.14 bits per heavy atom. The van der Waals surface area contributed by atoms with Gasteiger partial charge in [0, 0.05) is 25.7 Å². The average molecular weight is 308 g/mol. The van der Waals surface area contributed by atoms with Crippen LogP contribution in [0, 0.1) is 0 Å². The number of hydrogen-bond donors (Lipinski definition) is 0. The molecular formula is C15H20N2O3S. The van der Waals surface area contributed by atoms with Crippen molar-refractivity contribution in [1.29, 1.82) is 0 Å². The number of nitrogens with zero attached hydrogens (tertiary/aromatic N) is 2. The number of piperazine rings is 1. The molecule has 6 heteroatoms. The van der Waals surface area contributed by atoms with E-state index in [0.717, 1.165) is 32.4 Å². The number of rotatable bonds is 2. The standard InChI is InChI=1S/C15H20N2O3S/c18-21(19)17-10-9-16(11-12-5-2-1-3-6-12)13-7-4-8-14(20-21)15(13)17/h1-3,5-6,13-15H,4,7-11H2/t13-,14+,15-/m0/s1. The SMILES string of the molecule is O=S1(=O)O[C@@H]2CCC[C@H]3[C@@H]2N1CCN3Cc1ccccc1. The minimum absolute atomic E-state index is 0.0150. The van der Waals surface area contributed by atoms with Crippen molar-refractivity contribution in [2.75, 3.05) is 13.1 Å². The normalized spacial score (nSPS) is 35.5. The van der Waals surface area contributed by atoms with Gasteiger partial charge in [0.05, 0.1) is 12.1 Å². The van der Waals surface area contributed by atoms with Gasteiger partial charge in [-0.05, 0) is 24.8 Å². The van der Waals surface area contributed by atoms with Crippen LogP contribution in [-0.2, 0) is 21.0 Å². The molecule has 3 atom stereocenters. The van der Waals surface area contributed by atoms with Gasteiger partial charge in [0.2, 0.25) is 0 Å². The molecule has 4 rings (SSSR count). The van der Waals surface area contributed by atoms with Gasteiger partial charge in [-0.25, -0.2) is 0 Å². The Balaban J connectivity index is 1.59. The van der Waals surface area contributed by atoms with Crippen molar-refractivity contribution in [1.82, 2.24) is 9.21 Å². The molecule has 3 fully saturated rings. The Bertz CT molecular complexity index is 619. The molecule has 0 N–H and O–H groups in total. The molecule has 0 aromatic heterocycles. The van der Waals surface area contributed by atoms with Crippen LogP contribution in [0.15, 0.2) is 30.3 Å². The van der Waals surface area contributed by atoms with Crippen molar-refractivity contribution < 1.29 is 12.6 Å². The summed E-state index contributed by atoms with van der Waals surface area (Å²) in [7, 11) is -3.49. The van der Waals surface area contributed by atoms with Crippen LogP contribution in [0.1, 0.15) is 24.8 Å². The first kappa shape index (κ1) is 13.7. The molecule has 1 aromatic carbocycles. The lowest BCUT2D eigenvalue weighted by Gasteiger charge is -2.46. The first-order valence-electron chi connectivity index (χ1n) is 7.63. The van der Waals surface area contributed by atoms with Crippen LogP contribution in [0.25, 0.3) is 0 Å². The molecule has 0 spiro atoms. The van der Waals surface area contributed by atoms with Crippen LogP contribution in [0.5, 0.6) is 0 Å². The predicted octanol–water partition coefficient (Wildman–Crippen LogP) is 1.37. The van der Waals surface area contributed by atoms with Crippen molar-refractivity contribution in [2.24, 2.45) is 0 Å². The molecule has 2 aliphatic heterocycles. The quantitative estimate of drug-likeness (QED) is 0.828. The van der Waals surface area contributed by atoms with Gasteiger partial charge in [0.15, 0.2) is 0 Å². The van der Waals surface area contributed by atoms with E-state index in [9.17, 15) is 8.42 Å². The minimum atomic E-state index is -3.49. The van der Waals surface area contributed by atoms with E-state index in [1.165, 1.54) is 5.56 Å². The van der Waals surface area contributed by atoms with Gasteiger partial charge in [0.1, 0.15) is 0 Å². The highest BCUT2D eigenvalue weighted by atomic mass is 32.2. The summed E-state index contributed by atoms with van der Waals surface area (Å²) in [5.41, 5.74) is 1.29.